The van der Waals surface area contributed by atoms with Crippen LogP contribution in [-0.2, 0) is 4.74 Å². The Hall–Kier alpha value is -2.99. The van der Waals surface area contributed by atoms with E-state index in [1.165, 1.54) is 6.07 Å². The number of hydrogen-bond acceptors (Lipinski definition) is 4. The molecule has 0 unspecified atom stereocenters. The number of hydrogen-bond donors (Lipinski definition) is 1. The second kappa shape index (κ2) is 7.56. The van der Waals surface area contributed by atoms with Crippen molar-refractivity contribution in [1.82, 2.24) is 9.88 Å². The molecule has 0 saturated carbocycles. The zero-order valence-corrected chi connectivity index (χ0v) is 16.0. The van der Waals surface area contributed by atoms with Crippen molar-refractivity contribution in [3.05, 3.63) is 65.1 Å². The first kappa shape index (κ1) is 18.4. The Kier molecular flexibility index (Phi) is 4.96. The number of halogens is 1. The van der Waals surface area contributed by atoms with Crippen LogP contribution < -0.4 is 5.32 Å². The molecule has 28 heavy (non-hydrogen) atoms. The van der Waals surface area contributed by atoms with Gasteiger partial charge in [-0.25, -0.2) is 9.37 Å². The quantitative estimate of drug-likeness (QED) is 0.741. The molecule has 144 valence electrons. The fraction of sp³-hybridized carbons (Fsp3) is 0.273. The molecule has 0 bridgehead atoms. The lowest BCUT2D eigenvalue weighted by atomic mass is 10.0. The summed E-state index contributed by atoms with van der Waals surface area (Å²) in [7, 11) is 0. The SMILES string of the molecule is Cc1cc(Nc2ncc(C(=O)N3CCOCC3)c3c(C)cccc23)ccc1F. The first-order chi connectivity index (χ1) is 13.5. The van der Waals surface area contributed by atoms with Crippen molar-refractivity contribution in [2.45, 2.75) is 13.8 Å². The number of nitrogens with zero attached hydrogens (tertiary/aromatic N) is 2. The molecule has 5 nitrogen and oxygen atoms in total. The molecule has 1 aliphatic heterocycles. The molecule has 0 spiro atoms. The Balaban J connectivity index is 1.76. The van der Waals surface area contributed by atoms with Crippen LogP contribution >= 0.6 is 0 Å². The average Bonchev–Trinajstić information content (AvgIpc) is 2.71. The molecule has 4 rings (SSSR count). The monoisotopic (exact) mass is 379 g/mol. The number of anilines is 2. The number of benzene rings is 2. The van der Waals surface area contributed by atoms with Crippen LogP contribution in [0, 0.1) is 19.7 Å². The van der Waals surface area contributed by atoms with Crippen LogP contribution in [0.3, 0.4) is 0 Å². The third-order valence-corrected chi connectivity index (χ3v) is 5.07. The standard InChI is InChI=1S/C22H22FN3O2/c1-14-4-3-5-17-20(14)18(22(27)26-8-10-28-11-9-26)13-24-21(17)25-16-6-7-19(23)15(2)12-16/h3-7,12-13H,8-11H2,1-2H3,(H,24,25). The van der Waals surface area contributed by atoms with E-state index in [0.717, 1.165) is 22.0 Å². The molecule has 1 saturated heterocycles. The summed E-state index contributed by atoms with van der Waals surface area (Å²) >= 11 is 0. The highest BCUT2D eigenvalue weighted by molar-refractivity contribution is 6.10. The third-order valence-electron chi connectivity index (χ3n) is 5.07. The van der Waals surface area contributed by atoms with Crippen LogP contribution in [-0.4, -0.2) is 42.1 Å². The second-order valence-corrected chi connectivity index (χ2v) is 7.01. The van der Waals surface area contributed by atoms with E-state index < -0.39 is 0 Å². The van der Waals surface area contributed by atoms with Crippen molar-refractivity contribution >= 4 is 28.2 Å². The van der Waals surface area contributed by atoms with Crippen LogP contribution in [0.4, 0.5) is 15.9 Å². The normalized spacial score (nSPS) is 14.3. The number of morpholine rings is 1. The number of ether oxygens (including phenoxy) is 1. The first-order valence-corrected chi connectivity index (χ1v) is 9.33. The lowest BCUT2D eigenvalue weighted by Gasteiger charge is -2.27. The molecule has 0 atom stereocenters. The summed E-state index contributed by atoms with van der Waals surface area (Å²) in [4.78, 5) is 19.4. The summed E-state index contributed by atoms with van der Waals surface area (Å²) in [6.45, 7) is 5.99. The molecule has 0 aliphatic carbocycles. The minimum Gasteiger partial charge on any atom is -0.378 e. The summed E-state index contributed by atoms with van der Waals surface area (Å²) in [5.41, 5.74) is 2.91. The number of nitrogens with one attached hydrogen (secondary N) is 1. The van der Waals surface area contributed by atoms with Gasteiger partial charge in [-0.05, 0) is 43.2 Å². The maximum atomic E-state index is 13.6. The molecular formula is C22H22FN3O2. The highest BCUT2D eigenvalue weighted by Gasteiger charge is 2.22. The lowest BCUT2D eigenvalue weighted by molar-refractivity contribution is 0.0304. The number of aromatic nitrogens is 1. The fourth-order valence-corrected chi connectivity index (χ4v) is 3.54. The van der Waals surface area contributed by atoms with Crippen molar-refractivity contribution in [1.29, 1.82) is 0 Å². The van der Waals surface area contributed by atoms with Gasteiger partial charge < -0.3 is 15.0 Å². The predicted molar refractivity (Wildman–Crippen MR) is 108 cm³/mol. The largest absolute Gasteiger partial charge is 0.378 e. The number of carbonyl (C=O) groups is 1. The third kappa shape index (κ3) is 3.43. The number of carbonyl (C=O) groups excluding carboxylic acids is 1. The summed E-state index contributed by atoms with van der Waals surface area (Å²) in [5, 5.41) is 5.01. The van der Waals surface area contributed by atoms with Crippen LogP contribution in [0.2, 0.25) is 0 Å². The minimum absolute atomic E-state index is 0.0284. The van der Waals surface area contributed by atoms with E-state index in [9.17, 15) is 9.18 Å². The van der Waals surface area contributed by atoms with Crippen LogP contribution in [0.25, 0.3) is 10.8 Å². The Morgan fingerprint density at radius 3 is 2.68 bits per heavy atom. The molecule has 6 heteroatoms. The summed E-state index contributed by atoms with van der Waals surface area (Å²) in [5.74, 6) is 0.369. The van der Waals surface area contributed by atoms with Crippen molar-refractivity contribution in [2.24, 2.45) is 0 Å². The number of fused-ring (bicyclic) bond motifs is 1. The van der Waals surface area contributed by atoms with E-state index in [1.807, 2.05) is 30.0 Å². The van der Waals surface area contributed by atoms with Crippen LogP contribution in [0.1, 0.15) is 21.5 Å². The fourth-order valence-electron chi connectivity index (χ4n) is 3.54. The molecule has 1 amide bonds. The summed E-state index contributed by atoms with van der Waals surface area (Å²) in [6.07, 6.45) is 1.63. The molecule has 3 aromatic rings. The first-order valence-electron chi connectivity index (χ1n) is 9.33. The zero-order chi connectivity index (χ0) is 19.7. The highest BCUT2D eigenvalue weighted by atomic mass is 19.1. The van der Waals surface area contributed by atoms with Crippen molar-refractivity contribution in [2.75, 3.05) is 31.6 Å². The van der Waals surface area contributed by atoms with Gasteiger partial charge in [-0.15, -0.1) is 0 Å². The smallest absolute Gasteiger partial charge is 0.256 e. The number of aryl methyl sites for hydroxylation is 2. The summed E-state index contributed by atoms with van der Waals surface area (Å²) < 4.78 is 18.9. The number of pyridine rings is 1. The van der Waals surface area contributed by atoms with Crippen molar-refractivity contribution in [3.8, 4) is 0 Å². The lowest BCUT2D eigenvalue weighted by Crippen LogP contribution is -2.40. The predicted octanol–water partition coefficient (Wildman–Crippen LogP) is 4.21. The maximum Gasteiger partial charge on any atom is 0.256 e. The van der Waals surface area contributed by atoms with E-state index in [1.54, 1.807) is 25.3 Å². The van der Waals surface area contributed by atoms with Gasteiger partial charge in [0.1, 0.15) is 11.6 Å². The topological polar surface area (TPSA) is 54.5 Å². The van der Waals surface area contributed by atoms with E-state index >= 15 is 0 Å². The van der Waals surface area contributed by atoms with Crippen LogP contribution in [0.15, 0.2) is 42.6 Å². The molecule has 1 N–H and O–H groups in total. The van der Waals surface area contributed by atoms with E-state index in [0.29, 0.717) is 43.2 Å². The van der Waals surface area contributed by atoms with Gasteiger partial charge in [-0.3, -0.25) is 4.79 Å². The highest BCUT2D eigenvalue weighted by Crippen LogP contribution is 2.30. The van der Waals surface area contributed by atoms with Crippen molar-refractivity contribution < 1.29 is 13.9 Å². The number of amides is 1. The zero-order valence-electron chi connectivity index (χ0n) is 16.0. The minimum atomic E-state index is -0.245. The second-order valence-electron chi connectivity index (χ2n) is 7.01. The van der Waals surface area contributed by atoms with Gasteiger partial charge in [0.15, 0.2) is 0 Å². The van der Waals surface area contributed by atoms with Gasteiger partial charge in [0.25, 0.3) is 5.91 Å². The molecule has 0 radical (unpaired) electrons. The van der Waals surface area contributed by atoms with Gasteiger partial charge in [-0.2, -0.15) is 0 Å². The van der Waals surface area contributed by atoms with Gasteiger partial charge in [0, 0.05) is 35.7 Å². The van der Waals surface area contributed by atoms with Gasteiger partial charge >= 0.3 is 0 Å². The molecule has 1 aromatic heterocycles. The van der Waals surface area contributed by atoms with E-state index in [2.05, 4.69) is 10.3 Å². The van der Waals surface area contributed by atoms with Crippen LogP contribution in [0.5, 0.6) is 0 Å². The molecule has 2 aromatic carbocycles. The number of rotatable bonds is 3. The Bertz CT molecular complexity index is 1050. The Labute approximate surface area is 163 Å². The van der Waals surface area contributed by atoms with Gasteiger partial charge in [-0.1, -0.05) is 18.2 Å². The van der Waals surface area contributed by atoms with Crippen molar-refractivity contribution in [3.63, 3.8) is 0 Å². The molecular weight excluding hydrogens is 357 g/mol. The Morgan fingerprint density at radius 1 is 1.14 bits per heavy atom. The average molecular weight is 379 g/mol. The van der Waals surface area contributed by atoms with Gasteiger partial charge in [0.2, 0.25) is 0 Å². The molecule has 1 aliphatic rings. The van der Waals surface area contributed by atoms with Gasteiger partial charge in [0.05, 0.1) is 18.8 Å². The maximum absolute atomic E-state index is 13.6. The Morgan fingerprint density at radius 2 is 1.93 bits per heavy atom. The van der Waals surface area contributed by atoms with E-state index in [4.69, 9.17) is 4.74 Å². The molecule has 2 heterocycles. The summed E-state index contributed by atoms with van der Waals surface area (Å²) in [6, 6.07) is 10.7. The van der Waals surface area contributed by atoms with E-state index in [-0.39, 0.29) is 11.7 Å². The molecule has 1 fully saturated rings.